The number of halogens is 1. The van der Waals surface area contributed by atoms with E-state index in [9.17, 15) is 18.8 Å². The fourth-order valence-electron chi connectivity index (χ4n) is 3.30. The average molecular weight is 397 g/mol. The lowest BCUT2D eigenvalue weighted by atomic mass is 9.93. The van der Waals surface area contributed by atoms with E-state index >= 15 is 0 Å². The first-order valence-corrected chi connectivity index (χ1v) is 9.56. The van der Waals surface area contributed by atoms with Crippen molar-refractivity contribution in [3.8, 4) is 0 Å². The van der Waals surface area contributed by atoms with Crippen molar-refractivity contribution in [1.29, 1.82) is 0 Å². The van der Waals surface area contributed by atoms with Crippen LogP contribution in [0.4, 0.5) is 9.18 Å². The quantitative estimate of drug-likeness (QED) is 0.672. The highest BCUT2D eigenvalue weighted by Crippen LogP contribution is 2.23. The number of benzene rings is 2. The van der Waals surface area contributed by atoms with Gasteiger partial charge in [-0.3, -0.25) is 14.5 Å². The van der Waals surface area contributed by atoms with Crippen LogP contribution in [0.1, 0.15) is 24.5 Å². The largest absolute Gasteiger partial charge is 0.354 e. The summed E-state index contributed by atoms with van der Waals surface area (Å²) in [6.07, 6.45) is 1.62. The fourth-order valence-corrected chi connectivity index (χ4v) is 3.30. The van der Waals surface area contributed by atoms with Crippen molar-refractivity contribution in [2.24, 2.45) is 0 Å². The molecular weight excluding hydrogens is 373 g/mol. The zero-order valence-electron chi connectivity index (χ0n) is 16.3. The lowest BCUT2D eigenvalue weighted by molar-refractivity contribution is -0.134. The monoisotopic (exact) mass is 397 g/mol. The van der Waals surface area contributed by atoms with Crippen LogP contribution in [-0.4, -0.2) is 41.4 Å². The van der Waals surface area contributed by atoms with Gasteiger partial charge in [-0.2, -0.15) is 0 Å². The van der Waals surface area contributed by atoms with Crippen molar-refractivity contribution in [3.63, 3.8) is 0 Å². The molecule has 0 saturated carbocycles. The van der Waals surface area contributed by atoms with E-state index < -0.39 is 23.4 Å². The maximum atomic E-state index is 12.9. The molecule has 0 unspecified atom stereocenters. The number of nitrogens with one attached hydrogen (secondary N) is 2. The van der Waals surface area contributed by atoms with E-state index in [1.165, 1.54) is 12.1 Å². The van der Waals surface area contributed by atoms with Crippen molar-refractivity contribution in [2.75, 3.05) is 13.1 Å². The van der Waals surface area contributed by atoms with E-state index in [0.29, 0.717) is 25.8 Å². The van der Waals surface area contributed by atoms with Crippen molar-refractivity contribution in [3.05, 3.63) is 71.5 Å². The van der Waals surface area contributed by atoms with Crippen LogP contribution in [0.15, 0.2) is 54.6 Å². The number of urea groups is 1. The Labute approximate surface area is 169 Å². The Hall–Kier alpha value is -3.22. The Bertz CT molecular complexity index is 886. The third kappa shape index (κ3) is 5.19. The molecule has 0 aromatic heterocycles. The first-order valence-electron chi connectivity index (χ1n) is 9.56. The minimum atomic E-state index is -1.03. The fraction of sp³-hybridized carbons (Fsp3) is 0.318. The molecule has 1 aliphatic rings. The van der Waals surface area contributed by atoms with Crippen molar-refractivity contribution >= 4 is 17.8 Å². The van der Waals surface area contributed by atoms with Gasteiger partial charge in [0.1, 0.15) is 17.9 Å². The van der Waals surface area contributed by atoms with E-state index in [-0.39, 0.29) is 12.4 Å². The van der Waals surface area contributed by atoms with Crippen LogP contribution >= 0.6 is 0 Å². The molecule has 1 fully saturated rings. The second-order valence-electron chi connectivity index (χ2n) is 7.37. The lowest BCUT2D eigenvalue weighted by Gasteiger charge is -2.21. The number of rotatable bonds is 8. The van der Waals surface area contributed by atoms with Crippen molar-refractivity contribution < 1.29 is 18.8 Å². The second-order valence-corrected chi connectivity index (χ2v) is 7.37. The van der Waals surface area contributed by atoms with Crippen LogP contribution in [0.5, 0.6) is 0 Å². The first kappa shape index (κ1) is 20.5. The zero-order valence-corrected chi connectivity index (χ0v) is 16.3. The molecule has 2 aromatic rings. The molecule has 7 heteroatoms. The van der Waals surface area contributed by atoms with E-state index in [1.807, 2.05) is 30.3 Å². The van der Waals surface area contributed by atoms with Crippen LogP contribution in [-0.2, 0) is 22.4 Å². The highest BCUT2D eigenvalue weighted by molar-refractivity contribution is 6.08. The molecule has 3 rings (SSSR count). The SMILES string of the molecule is C[C@@]1(CCc2ccccc2)NC(=O)N(CC(=O)NCCc2ccc(F)cc2)C1=O. The number of carbonyl (C=O) groups is 3. The topological polar surface area (TPSA) is 78.5 Å². The number of imide groups is 1. The maximum Gasteiger partial charge on any atom is 0.325 e. The summed E-state index contributed by atoms with van der Waals surface area (Å²) < 4.78 is 12.9. The number of amides is 4. The summed E-state index contributed by atoms with van der Waals surface area (Å²) in [6, 6.07) is 15.2. The van der Waals surface area contributed by atoms with Gasteiger partial charge in [-0.1, -0.05) is 42.5 Å². The standard InChI is InChI=1S/C22H24FN3O3/c1-22(13-11-16-5-3-2-4-6-16)20(28)26(21(29)25-22)15-19(27)24-14-12-17-7-9-18(23)10-8-17/h2-10H,11-15H2,1H3,(H,24,27)(H,25,29)/t22-/m0/s1. The number of aryl methyl sites for hydroxylation is 1. The summed E-state index contributed by atoms with van der Waals surface area (Å²) in [4.78, 5) is 38.1. The summed E-state index contributed by atoms with van der Waals surface area (Å²) in [7, 11) is 0. The summed E-state index contributed by atoms with van der Waals surface area (Å²) in [5, 5.41) is 5.41. The van der Waals surface area contributed by atoms with Gasteiger partial charge in [0, 0.05) is 6.54 Å². The van der Waals surface area contributed by atoms with Gasteiger partial charge in [0.25, 0.3) is 5.91 Å². The molecule has 1 saturated heterocycles. The molecule has 1 aliphatic heterocycles. The summed E-state index contributed by atoms with van der Waals surface area (Å²) in [5.74, 6) is -1.12. The highest BCUT2D eigenvalue weighted by atomic mass is 19.1. The van der Waals surface area contributed by atoms with E-state index in [4.69, 9.17) is 0 Å². The van der Waals surface area contributed by atoms with Crippen LogP contribution in [0, 0.1) is 5.82 Å². The van der Waals surface area contributed by atoms with Crippen molar-refractivity contribution in [2.45, 2.75) is 31.7 Å². The van der Waals surface area contributed by atoms with Gasteiger partial charge >= 0.3 is 6.03 Å². The number of hydrogen-bond donors (Lipinski definition) is 2. The van der Waals surface area contributed by atoms with Gasteiger partial charge in [-0.05, 0) is 49.4 Å². The van der Waals surface area contributed by atoms with Crippen LogP contribution < -0.4 is 10.6 Å². The predicted molar refractivity (Wildman–Crippen MR) is 107 cm³/mol. The number of carbonyl (C=O) groups excluding carboxylic acids is 3. The Balaban J connectivity index is 1.49. The summed E-state index contributed by atoms with van der Waals surface area (Å²) >= 11 is 0. The molecule has 1 heterocycles. The minimum absolute atomic E-state index is 0.313. The van der Waals surface area contributed by atoms with Gasteiger partial charge in [0.15, 0.2) is 0 Å². The molecule has 152 valence electrons. The molecule has 2 N–H and O–H groups in total. The predicted octanol–water partition coefficient (Wildman–Crippen LogP) is 2.43. The van der Waals surface area contributed by atoms with Crippen LogP contribution in [0.25, 0.3) is 0 Å². The third-order valence-corrected chi connectivity index (χ3v) is 5.05. The molecule has 6 nitrogen and oxygen atoms in total. The summed E-state index contributed by atoms with van der Waals surface area (Å²) in [6.45, 7) is 1.69. The maximum absolute atomic E-state index is 12.9. The lowest BCUT2D eigenvalue weighted by Crippen LogP contribution is -2.45. The molecule has 0 aliphatic carbocycles. The Morgan fingerprint density at radius 1 is 1.03 bits per heavy atom. The number of nitrogens with zero attached hydrogens (tertiary/aromatic N) is 1. The minimum Gasteiger partial charge on any atom is -0.354 e. The van der Waals surface area contributed by atoms with Crippen LogP contribution in [0.3, 0.4) is 0 Å². The zero-order chi connectivity index (χ0) is 20.9. The van der Waals surface area contributed by atoms with Gasteiger partial charge in [-0.25, -0.2) is 9.18 Å². The summed E-state index contributed by atoms with van der Waals surface area (Å²) in [5.41, 5.74) is 0.935. The molecule has 4 amide bonds. The van der Waals surface area contributed by atoms with Crippen LogP contribution in [0.2, 0.25) is 0 Å². The smallest absolute Gasteiger partial charge is 0.325 e. The van der Waals surface area contributed by atoms with Gasteiger partial charge < -0.3 is 10.6 Å². The number of hydrogen-bond acceptors (Lipinski definition) is 3. The molecule has 2 aromatic carbocycles. The molecule has 0 spiro atoms. The van der Waals surface area contributed by atoms with Gasteiger partial charge in [-0.15, -0.1) is 0 Å². The molecule has 0 bridgehead atoms. The third-order valence-electron chi connectivity index (χ3n) is 5.05. The molecular formula is C22H24FN3O3. The van der Waals surface area contributed by atoms with E-state index in [2.05, 4.69) is 10.6 Å². The Kier molecular flexibility index (Phi) is 6.26. The van der Waals surface area contributed by atoms with E-state index in [1.54, 1.807) is 19.1 Å². The highest BCUT2D eigenvalue weighted by Gasteiger charge is 2.47. The molecule has 1 atom stereocenters. The van der Waals surface area contributed by atoms with Crippen molar-refractivity contribution in [1.82, 2.24) is 15.5 Å². The van der Waals surface area contributed by atoms with Gasteiger partial charge in [0.05, 0.1) is 0 Å². The van der Waals surface area contributed by atoms with Gasteiger partial charge in [0.2, 0.25) is 5.91 Å². The first-order chi connectivity index (χ1) is 13.9. The molecule has 0 radical (unpaired) electrons. The van der Waals surface area contributed by atoms with E-state index in [0.717, 1.165) is 16.0 Å². The normalized spacial score (nSPS) is 18.6. The Morgan fingerprint density at radius 3 is 2.38 bits per heavy atom. The molecule has 29 heavy (non-hydrogen) atoms. The second kappa shape index (κ2) is 8.86. The average Bonchev–Trinajstić information content (AvgIpc) is 2.92. The Morgan fingerprint density at radius 2 is 1.69 bits per heavy atom.